The molecule has 1 unspecified atom stereocenters. The fourth-order valence-corrected chi connectivity index (χ4v) is 3.48. The molecule has 2 heterocycles. The van der Waals surface area contributed by atoms with Crippen LogP contribution in [0.25, 0.3) is 0 Å². The number of piperidine rings is 1. The second-order valence-electron chi connectivity index (χ2n) is 7.29. The summed E-state index contributed by atoms with van der Waals surface area (Å²) >= 11 is 0. The highest BCUT2D eigenvalue weighted by atomic mass is 15.3. The second kappa shape index (κ2) is 7.31. The first-order valence-corrected chi connectivity index (χ1v) is 8.93. The molecule has 132 valence electrons. The van der Waals surface area contributed by atoms with Gasteiger partial charge in [0.15, 0.2) is 0 Å². The molecule has 1 aromatic rings. The zero-order valence-electron chi connectivity index (χ0n) is 15.0. The summed E-state index contributed by atoms with van der Waals surface area (Å²) in [5, 5.41) is 24.2. The Labute approximate surface area is 149 Å². The van der Waals surface area contributed by atoms with Gasteiger partial charge in [-0.05, 0) is 56.1 Å². The molecule has 1 fully saturated rings. The van der Waals surface area contributed by atoms with Crippen molar-refractivity contribution in [3.05, 3.63) is 47.0 Å². The maximum Gasteiger partial charge on any atom is 0.0615 e. The van der Waals surface area contributed by atoms with Crippen molar-refractivity contribution < 1.29 is 0 Å². The van der Waals surface area contributed by atoms with E-state index in [1.54, 1.807) is 6.08 Å². The maximum atomic E-state index is 8.40. The molecule has 0 spiro atoms. The molecule has 2 aliphatic rings. The van der Waals surface area contributed by atoms with E-state index >= 15 is 0 Å². The summed E-state index contributed by atoms with van der Waals surface area (Å²) in [5.74, 6) is 0.311. The molecule has 0 aliphatic carbocycles. The molecular weight excluding hydrogens is 310 g/mol. The zero-order valence-corrected chi connectivity index (χ0v) is 15.0. The zero-order chi connectivity index (χ0) is 17.9. The van der Waals surface area contributed by atoms with E-state index in [1.807, 2.05) is 25.3 Å². The summed E-state index contributed by atoms with van der Waals surface area (Å²) in [4.78, 5) is 0. The van der Waals surface area contributed by atoms with Crippen LogP contribution in [-0.4, -0.2) is 37.3 Å². The topological polar surface area (TPSA) is 84.1 Å². The van der Waals surface area contributed by atoms with Crippen molar-refractivity contribution >= 4 is 17.6 Å². The minimum atomic E-state index is -0.0737. The first-order valence-electron chi connectivity index (χ1n) is 8.93. The van der Waals surface area contributed by atoms with Crippen molar-refractivity contribution in [2.45, 2.75) is 32.6 Å². The second-order valence-corrected chi connectivity index (χ2v) is 7.29. The highest BCUT2D eigenvalue weighted by molar-refractivity contribution is 6.11. The number of benzene rings is 1. The Balaban J connectivity index is 1.70. The lowest BCUT2D eigenvalue weighted by molar-refractivity contribution is 0.328. The predicted molar refractivity (Wildman–Crippen MR) is 104 cm³/mol. The van der Waals surface area contributed by atoms with Crippen molar-refractivity contribution in [1.82, 2.24) is 10.7 Å². The minimum absolute atomic E-state index is 0.0737. The number of hydrogen-bond acceptors (Lipinski definition) is 5. The average Bonchev–Trinajstić information content (AvgIpc) is 3.14. The number of hydrogen-bond donors (Lipinski definition) is 4. The minimum Gasteiger partial charge on any atom is -0.317 e. The molecule has 5 heteroatoms. The number of allylic oxidation sites excluding steroid dienone is 2. The molecule has 2 aliphatic heterocycles. The Hall–Kier alpha value is -2.27. The van der Waals surface area contributed by atoms with Gasteiger partial charge in [-0.2, -0.15) is 5.10 Å². The summed E-state index contributed by atoms with van der Waals surface area (Å²) in [6.07, 6.45) is 7.48. The highest BCUT2D eigenvalue weighted by Crippen LogP contribution is 2.29. The molecule has 0 radical (unpaired) electrons. The molecule has 0 bridgehead atoms. The van der Waals surface area contributed by atoms with Crippen LogP contribution < -0.4 is 10.7 Å². The van der Waals surface area contributed by atoms with Crippen molar-refractivity contribution in [2.75, 3.05) is 19.6 Å². The maximum absolute atomic E-state index is 8.40. The van der Waals surface area contributed by atoms with Crippen LogP contribution in [-0.2, 0) is 0 Å². The van der Waals surface area contributed by atoms with E-state index in [1.165, 1.54) is 5.56 Å². The van der Waals surface area contributed by atoms with E-state index in [2.05, 4.69) is 34.9 Å². The van der Waals surface area contributed by atoms with Crippen molar-refractivity contribution in [3.8, 4) is 0 Å². The predicted octanol–water partition coefficient (Wildman–Crippen LogP) is 3.00. The molecule has 1 aromatic carbocycles. The molecule has 4 N–H and O–H groups in total. The van der Waals surface area contributed by atoms with Gasteiger partial charge in [0.25, 0.3) is 0 Å². The number of rotatable bonds is 5. The van der Waals surface area contributed by atoms with Gasteiger partial charge in [0.1, 0.15) is 0 Å². The molecule has 1 atom stereocenters. The van der Waals surface area contributed by atoms with Crippen LogP contribution in [0.4, 0.5) is 0 Å². The largest absolute Gasteiger partial charge is 0.317 e. The smallest absolute Gasteiger partial charge is 0.0615 e. The van der Waals surface area contributed by atoms with Crippen LogP contribution in [0.1, 0.15) is 42.4 Å². The van der Waals surface area contributed by atoms with Crippen molar-refractivity contribution in [3.63, 3.8) is 0 Å². The Morgan fingerprint density at radius 3 is 2.64 bits per heavy atom. The van der Waals surface area contributed by atoms with E-state index in [4.69, 9.17) is 10.8 Å². The molecule has 5 nitrogen and oxygen atoms in total. The van der Waals surface area contributed by atoms with Gasteiger partial charge in [-0.1, -0.05) is 25.1 Å². The van der Waals surface area contributed by atoms with Crippen molar-refractivity contribution in [1.29, 1.82) is 10.8 Å². The average molecular weight is 337 g/mol. The van der Waals surface area contributed by atoms with Crippen LogP contribution in [0.5, 0.6) is 0 Å². The van der Waals surface area contributed by atoms with Gasteiger partial charge in [0.2, 0.25) is 0 Å². The lowest BCUT2D eigenvalue weighted by Crippen LogP contribution is -2.39. The third-order valence-corrected chi connectivity index (χ3v) is 5.40. The standard InChI is InChI=1S/C20H27N5/c1-14-11-15(16-12-24-25-13-16)3-4-17(14)18(21)5-6-19(22)20(2)7-9-23-10-8-20/h3-6,11-12,16,21-23,25H,7-10,13H2,1-2H3/b6-5-,21-18?,22-19?. The van der Waals surface area contributed by atoms with Gasteiger partial charge >= 0.3 is 0 Å². The molecular formula is C20H27N5. The summed E-state index contributed by atoms with van der Waals surface area (Å²) < 4.78 is 0. The van der Waals surface area contributed by atoms with E-state index < -0.39 is 0 Å². The quantitative estimate of drug-likeness (QED) is 0.623. The number of nitrogens with zero attached hydrogens (tertiary/aromatic N) is 1. The fraction of sp³-hybridized carbons (Fsp3) is 0.450. The number of aryl methyl sites for hydroxylation is 1. The molecule has 0 amide bonds. The van der Waals surface area contributed by atoms with Gasteiger partial charge in [-0.25, -0.2) is 0 Å². The third kappa shape index (κ3) is 3.87. The molecule has 3 rings (SSSR count). The SMILES string of the molecule is Cc1cc(C2C=NNC2)ccc1C(=N)/C=C\C(=N)C1(C)CCNCC1. The first-order chi connectivity index (χ1) is 12.0. The summed E-state index contributed by atoms with van der Waals surface area (Å²) in [6.45, 7) is 6.95. The monoisotopic (exact) mass is 337 g/mol. The Morgan fingerprint density at radius 1 is 1.24 bits per heavy atom. The van der Waals surface area contributed by atoms with E-state index in [-0.39, 0.29) is 5.41 Å². The van der Waals surface area contributed by atoms with E-state index in [0.29, 0.717) is 17.3 Å². The molecule has 0 aromatic heterocycles. The summed E-state index contributed by atoms with van der Waals surface area (Å²) in [6, 6.07) is 6.23. The van der Waals surface area contributed by atoms with Gasteiger partial charge in [-0.3, -0.25) is 0 Å². The number of nitrogens with one attached hydrogen (secondary N) is 4. The van der Waals surface area contributed by atoms with Crippen LogP contribution >= 0.6 is 0 Å². The van der Waals surface area contributed by atoms with Gasteiger partial charge in [-0.15, -0.1) is 0 Å². The number of hydrazone groups is 1. The summed E-state index contributed by atoms with van der Waals surface area (Å²) in [5.41, 5.74) is 7.23. The Kier molecular flexibility index (Phi) is 5.13. The van der Waals surface area contributed by atoms with Gasteiger partial charge < -0.3 is 21.6 Å². The van der Waals surface area contributed by atoms with Crippen molar-refractivity contribution in [2.24, 2.45) is 10.5 Å². The van der Waals surface area contributed by atoms with Gasteiger partial charge in [0, 0.05) is 35.4 Å². The van der Waals surface area contributed by atoms with E-state index in [0.717, 1.165) is 43.6 Å². The summed E-state index contributed by atoms with van der Waals surface area (Å²) in [7, 11) is 0. The Bertz CT molecular complexity index is 726. The molecule has 25 heavy (non-hydrogen) atoms. The Morgan fingerprint density at radius 2 is 2.00 bits per heavy atom. The third-order valence-electron chi connectivity index (χ3n) is 5.40. The normalized spacial score (nSPS) is 22.1. The lowest BCUT2D eigenvalue weighted by atomic mass is 9.76. The molecule has 0 saturated carbocycles. The fourth-order valence-electron chi connectivity index (χ4n) is 3.48. The van der Waals surface area contributed by atoms with Crippen LogP contribution in [0.3, 0.4) is 0 Å². The van der Waals surface area contributed by atoms with E-state index in [9.17, 15) is 0 Å². The van der Waals surface area contributed by atoms with Crippen LogP contribution in [0, 0.1) is 23.2 Å². The lowest BCUT2D eigenvalue weighted by Gasteiger charge is -2.33. The van der Waals surface area contributed by atoms with Crippen LogP contribution in [0.2, 0.25) is 0 Å². The van der Waals surface area contributed by atoms with Gasteiger partial charge in [0.05, 0.1) is 5.71 Å². The molecule has 1 saturated heterocycles. The van der Waals surface area contributed by atoms with Crippen LogP contribution in [0.15, 0.2) is 35.5 Å². The first kappa shape index (κ1) is 17.5. The highest BCUT2D eigenvalue weighted by Gasteiger charge is 2.29.